The van der Waals surface area contributed by atoms with Crippen LogP contribution in [0.1, 0.15) is 57.7 Å². The Kier molecular flexibility index (Phi) is 7.44. The fraction of sp³-hybridized carbons (Fsp3) is 0.762. The second kappa shape index (κ2) is 10.0. The summed E-state index contributed by atoms with van der Waals surface area (Å²) in [6.07, 6.45) is 4.62. The predicted octanol–water partition coefficient (Wildman–Crippen LogP) is 1.41. The van der Waals surface area contributed by atoms with E-state index >= 15 is 0 Å². The summed E-state index contributed by atoms with van der Waals surface area (Å²) in [6.45, 7) is 8.24. The van der Waals surface area contributed by atoms with Gasteiger partial charge in [0.1, 0.15) is 0 Å². The van der Waals surface area contributed by atoms with Gasteiger partial charge in [0.15, 0.2) is 5.82 Å². The number of piperidine rings is 2. The van der Waals surface area contributed by atoms with E-state index in [9.17, 15) is 14.4 Å². The van der Waals surface area contributed by atoms with Crippen LogP contribution in [-0.2, 0) is 20.8 Å². The van der Waals surface area contributed by atoms with Crippen molar-refractivity contribution in [2.75, 3.05) is 32.7 Å². The van der Waals surface area contributed by atoms with Crippen molar-refractivity contribution in [3.8, 4) is 0 Å². The molecule has 1 unspecified atom stereocenters. The highest BCUT2D eigenvalue weighted by molar-refractivity contribution is 5.77. The van der Waals surface area contributed by atoms with E-state index in [1.807, 2.05) is 14.7 Å². The van der Waals surface area contributed by atoms with Gasteiger partial charge in [-0.3, -0.25) is 14.4 Å². The van der Waals surface area contributed by atoms with Gasteiger partial charge < -0.3 is 19.2 Å². The molecule has 2 fully saturated rings. The van der Waals surface area contributed by atoms with E-state index in [1.54, 1.807) is 20.8 Å². The van der Waals surface area contributed by atoms with E-state index in [2.05, 4.69) is 10.1 Å². The first kappa shape index (κ1) is 22.2. The van der Waals surface area contributed by atoms with E-state index in [4.69, 9.17) is 4.52 Å². The molecule has 9 nitrogen and oxygen atoms in total. The molecule has 2 aliphatic rings. The van der Waals surface area contributed by atoms with Crippen molar-refractivity contribution in [1.82, 2.24) is 24.8 Å². The van der Waals surface area contributed by atoms with Crippen molar-refractivity contribution in [2.45, 2.75) is 65.3 Å². The monoisotopic (exact) mass is 419 g/mol. The maximum Gasteiger partial charge on any atom is 0.223 e. The minimum atomic E-state index is 0.00567. The van der Waals surface area contributed by atoms with Crippen LogP contribution in [0.3, 0.4) is 0 Å². The van der Waals surface area contributed by atoms with E-state index in [-0.39, 0.29) is 23.8 Å². The fourth-order valence-corrected chi connectivity index (χ4v) is 4.52. The Morgan fingerprint density at radius 3 is 2.43 bits per heavy atom. The van der Waals surface area contributed by atoms with Gasteiger partial charge in [0.25, 0.3) is 0 Å². The van der Waals surface area contributed by atoms with Gasteiger partial charge in [-0.1, -0.05) is 5.16 Å². The molecule has 0 spiro atoms. The van der Waals surface area contributed by atoms with Crippen molar-refractivity contribution in [2.24, 2.45) is 5.92 Å². The van der Waals surface area contributed by atoms with E-state index in [0.717, 1.165) is 45.3 Å². The average Bonchev–Trinajstić information content (AvgIpc) is 3.13. The second-order valence-electron chi connectivity index (χ2n) is 8.48. The summed E-state index contributed by atoms with van der Waals surface area (Å²) >= 11 is 0. The molecular weight excluding hydrogens is 386 g/mol. The van der Waals surface area contributed by atoms with Gasteiger partial charge in [0.05, 0.1) is 0 Å². The Bertz CT molecular complexity index is 756. The summed E-state index contributed by atoms with van der Waals surface area (Å²) in [7, 11) is 0. The van der Waals surface area contributed by atoms with Crippen LogP contribution < -0.4 is 0 Å². The summed E-state index contributed by atoms with van der Waals surface area (Å²) < 4.78 is 5.00. The second-order valence-corrected chi connectivity index (χ2v) is 8.48. The summed E-state index contributed by atoms with van der Waals surface area (Å²) in [6, 6.07) is 0.0211. The molecule has 0 saturated carbocycles. The number of rotatable bonds is 6. The Balaban J connectivity index is 1.51. The van der Waals surface area contributed by atoms with Crippen LogP contribution in [0.25, 0.3) is 0 Å². The SMILES string of the molecule is CC(=O)N1CCC(CC(=O)N2CCCC(N(CCc3noc(C)n3)C(C)=O)C2)CC1. The third kappa shape index (κ3) is 5.79. The van der Waals surface area contributed by atoms with Gasteiger partial charge >= 0.3 is 0 Å². The highest BCUT2D eigenvalue weighted by Crippen LogP contribution is 2.24. The molecule has 0 aromatic carbocycles. The molecule has 0 N–H and O–H groups in total. The van der Waals surface area contributed by atoms with Crippen LogP contribution in [0.5, 0.6) is 0 Å². The molecule has 0 radical (unpaired) electrons. The lowest BCUT2D eigenvalue weighted by atomic mass is 9.92. The van der Waals surface area contributed by atoms with Crippen LogP contribution >= 0.6 is 0 Å². The molecule has 9 heteroatoms. The number of carbonyl (C=O) groups is 3. The van der Waals surface area contributed by atoms with Crippen LogP contribution in [0.4, 0.5) is 0 Å². The minimum absolute atomic E-state index is 0.00567. The Morgan fingerprint density at radius 2 is 1.83 bits per heavy atom. The van der Waals surface area contributed by atoms with Crippen LogP contribution in [0, 0.1) is 12.8 Å². The number of nitrogens with zero attached hydrogens (tertiary/aromatic N) is 5. The highest BCUT2D eigenvalue weighted by atomic mass is 16.5. The highest BCUT2D eigenvalue weighted by Gasteiger charge is 2.31. The van der Waals surface area contributed by atoms with E-state index in [1.165, 1.54) is 0 Å². The molecule has 1 aromatic rings. The molecule has 1 atom stereocenters. The molecular formula is C21H33N5O4. The Labute approximate surface area is 177 Å². The molecule has 0 bridgehead atoms. The van der Waals surface area contributed by atoms with Gasteiger partial charge in [-0.2, -0.15) is 4.98 Å². The van der Waals surface area contributed by atoms with Gasteiger partial charge in [-0.05, 0) is 31.6 Å². The van der Waals surface area contributed by atoms with Crippen molar-refractivity contribution >= 4 is 17.7 Å². The normalized spacial score (nSPS) is 20.3. The molecule has 3 rings (SSSR count). The van der Waals surface area contributed by atoms with E-state index in [0.29, 0.717) is 43.6 Å². The number of amides is 3. The number of likely N-dealkylation sites (tertiary alicyclic amines) is 2. The summed E-state index contributed by atoms with van der Waals surface area (Å²) in [5.41, 5.74) is 0. The molecule has 3 amide bonds. The predicted molar refractivity (Wildman–Crippen MR) is 109 cm³/mol. The maximum absolute atomic E-state index is 12.9. The largest absolute Gasteiger partial charge is 0.343 e. The number of hydrogen-bond acceptors (Lipinski definition) is 6. The molecule has 2 saturated heterocycles. The lowest BCUT2D eigenvalue weighted by Gasteiger charge is -2.40. The quantitative estimate of drug-likeness (QED) is 0.691. The molecule has 30 heavy (non-hydrogen) atoms. The molecule has 166 valence electrons. The first-order valence-electron chi connectivity index (χ1n) is 10.9. The topological polar surface area (TPSA) is 99.9 Å². The van der Waals surface area contributed by atoms with Crippen LogP contribution in [0.15, 0.2) is 4.52 Å². The average molecular weight is 420 g/mol. The number of aryl methyl sites for hydroxylation is 1. The Hall–Kier alpha value is -2.45. The minimum Gasteiger partial charge on any atom is -0.343 e. The molecule has 0 aliphatic carbocycles. The van der Waals surface area contributed by atoms with Crippen LogP contribution in [0.2, 0.25) is 0 Å². The summed E-state index contributed by atoms with van der Waals surface area (Å²) in [4.78, 5) is 46.5. The number of carbonyl (C=O) groups excluding carboxylic acids is 3. The molecule has 3 heterocycles. The van der Waals surface area contributed by atoms with Crippen molar-refractivity contribution in [3.05, 3.63) is 11.7 Å². The van der Waals surface area contributed by atoms with Crippen molar-refractivity contribution in [1.29, 1.82) is 0 Å². The third-order valence-electron chi connectivity index (χ3n) is 6.26. The zero-order valence-corrected chi connectivity index (χ0v) is 18.3. The van der Waals surface area contributed by atoms with Crippen LogP contribution in [-0.4, -0.2) is 81.3 Å². The Morgan fingerprint density at radius 1 is 1.10 bits per heavy atom. The fourth-order valence-electron chi connectivity index (χ4n) is 4.52. The summed E-state index contributed by atoms with van der Waals surface area (Å²) in [5, 5.41) is 3.90. The van der Waals surface area contributed by atoms with Crippen molar-refractivity contribution < 1.29 is 18.9 Å². The van der Waals surface area contributed by atoms with Gasteiger partial charge in [0, 0.05) is 72.4 Å². The van der Waals surface area contributed by atoms with Crippen molar-refractivity contribution in [3.63, 3.8) is 0 Å². The molecule has 1 aromatic heterocycles. The van der Waals surface area contributed by atoms with Gasteiger partial charge in [-0.15, -0.1) is 0 Å². The summed E-state index contributed by atoms with van der Waals surface area (Å²) in [5.74, 6) is 1.73. The third-order valence-corrected chi connectivity index (χ3v) is 6.26. The van der Waals surface area contributed by atoms with Gasteiger partial charge in [-0.25, -0.2) is 0 Å². The van der Waals surface area contributed by atoms with Gasteiger partial charge in [0.2, 0.25) is 23.6 Å². The lowest BCUT2D eigenvalue weighted by molar-refractivity contribution is -0.139. The molecule has 2 aliphatic heterocycles. The zero-order valence-electron chi connectivity index (χ0n) is 18.3. The number of aromatic nitrogens is 2. The lowest BCUT2D eigenvalue weighted by Crippen LogP contribution is -2.52. The maximum atomic E-state index is 12.9. The number of hydrogen-bond donors (Lipinski definition) is 0. The smallest absolute Gasteiger partial charge is 0.223 e. The standard InChI is InChI=1S/C21H33N5O4/c1-15-22-20(23-30-15)8-12-26(17(3)28)19-5-4-9-25(14-19)21(29)13-18-6-10-24(11-7-18)16(2)27/h18-19H,4-14H2,1-3H3. The van der Waals surface area contributed by atoms with E-state index < -0.39 is 0 Å². The first-order valence-corrected chi connectivity index (χ1v) is 10.9. The first-order chi connectivity index (χ1) is 14.3. The zero-order chi connectivity index (χ0) is 21.7.